The van der Waals surface area contributed by atoms with Crippen molar-refractivity contribution in [1.29, 1.82) is 0 Å². The SMILES string of the molecule is COC(=O)c1cccc(CN2CCOCCOCCN(Cc3cc(N)cc(OC=O)n3)CCOCCOCC2)n1. The first kappa shape index (κ1) is 31.3. The zero-order valence-electron chi connectivity index (χ0n) is 23.0. The molecular formula is C27H39N5O8. The standard InChI is InChI=1S/C27H39N5O8/c1-35-27(34)25-4-2-3-23(29-25)19-31-5-9-36-13-15-38-11-7-32(8-12-39-16-14-37-10-6-31)20-24-17-22(28)18-26(30-24)40-21-33/h2-4,17-18,21H,5-16,19-20H2,1H3,(H2,28,30). The summed E-state index contributed by atoms with van der Waals surface area (Å²) in [4.78, 5) is 35.6. The second-order valence-electron chi connectivity index (χ2n) is 8.95. The number of hydrogen-bond acceptors (Lipinski definition) is 13. The largest absolute Gasteiger partial charge is 0.464 e. The highest BCUT2D eigenvalue weighted by molar-refractivity contribution is 5.87. The van der Waals surface area contributed by atoms with Gasteiger partial charge in [-0.1, -0.05) is 6.07 Å². The Morgan fingerprint density at radius 2 is 1.40 bits per heavy atom. The Hall–Kier alpha value is -3.20. The maximum atomic E-state index is 11.8. The van der Waals surface area contributed by atoms with Gasteiger partial charge in [-0.25, -0.2) is 14.8 Å². The fourth-order valence-electron chi connectivity index (χ4n) is 3.98. The molecule has 0 bridgehead atoms. The molecule has 0 aromatic carbocycles. The van der Waals surface area contributed by atoms with Crippen LogP contribution in [0, 0.1) is 0 Å². The van der Waals surface area contributed by atoms with E-state index in [1.54, 1.807) is 18.2 Å². The molecule has 1 aliphatic heterocycles. The number of carbonyl (C=O) groups is 2. The van der Waals surface area contributed by atoms with E-state index in [1.807, 2.05) is 6.07 Å². The van der Waals surface area contributed by atoms with Gasteiger partial charge in [-0.3, -0.25) is 14.6 Å². The molecule has 220 valence electrons. The number of esters is 1. The molecule has 1 aliphatic rings. The van der Waals surface area contributed by atoms with Gasteiger partial charge in [0.25, 0.3) is 6.47 Å². The lowest BCUT2D eigenvalue weighted by atomic mass is 10.3. The quantitative estimate of drug-likeness (QED) is 0.375. The Balaban J connectivity index is 1.49. The van der Waals surface area contributed by atoms with Gasteiger partial charge in [-0.05, 0) is 18.2 Å². The minimum absolute atomic E-state index is 0.165. The van der Waals surface area contributed by atoms with Crippen LogP contribution in [-0.4, -0.2) is 118 Å². The molecule has 3 rings (SSSR count). The van der Waals surface area contributed by atoms with Crippen LogP contribution in [0.25, 0.3) is 0 Å². The van der Waals surface area contributed by atoms with E-state index in [2.05, 4.69) is 19.8 Å². The number of nitrogens with zero attached hydrogens (tertiary/aromatic N) is 4. The van der Waals surface area contributed by atoms with Crippen LogP contribution >= 0.6 is 0 Å². The van der Waals surface area contributed by atoms with Crippen LogP contribution in [0.4, 0.5) is 5.69 Å². The summed E-state index contributed by atoms with van der Waals surface area (Å²) in [6, 6.07) is 8.56. The minimum atomic E-state index is -0.462. The van der Waals surface area contributed by atoms with E-state index in [1.165, 1.54) is 13.2 Å². The number of nitrogen functional groups attached to an aromatic ring is 1. The first-order chi connectivity index (χ1) is 19.6. The smallest absolute Gasteiger partial charge is 0.356 e. The summed E-state index contributed by atoms with van der Waals surface area (Å²) in [6.07, 6.45) is 0. The molecular weight excluding hydrogens is 522 g/mol. The number of nitrogens with two attached hydrogens (primary N) is 1. The summed E-state index contributed by atoms with van der Waals surface area (Å²) in [7, 11) is 1.34. The first-order valence-electron chi connectivity index (χ1n) is 13.2. The van der Waals surface area contributed by atoms with Crippen LogP contribution < -0.4 is 10.5 Å². The monoisotopic (exact) mass is 561 g/mol. The lowest BCUT2D eigenvalue weighted by Crippen LogP contribution is -2.33. The van der Waals surface area contributed by atoms with Crippen LogP contribution in [0.1, 0.15) is 21.9 Å². The van der Waals surface area contributed by atoms with E-state index >= 15 is 0 Å². The number of carbonyl (C=O) groups excluding carboxylic acids is 2. The summed E-state index contributed by atoms with van der Waals surface area (Å²) in [5, 5.41) is 0. The molecule has 0 saturated carbocycles. The predicted molar refractivity (Wildman–Crippen MR) is 145 cm³/mol. The van der Waals surface area contributed by atoms with Crippen LogP contribution in [0.2, 0.25) is 0 Å². The average Bonchev–Trinajstić information content (AvgIpc) is 2.94. The van der Waals surface area contributed by atoms with Gasteiger partial charge in [0.2, 0.25) is 5.88 Å². The second-order valence-corrected chi connectivity index (χ2v) is 8.95. The van der Waals surface area contributed by atoms with Crippen LogP contribution in [0.5, 0.6) is 5.88 Å². The fraction of sp³-hybridized carbons (Fsp3) is 0.556. The third kappa shape index (κ3) is 11.9. The van der Waals surface area contributed by atoms with Gasteiger partial charge >= 0.3 is 5.97 Å². The summed E-state index contributed by atoms with van der Waals surface area (Å²) in [5.74, 6) is -0.297. The number of methoxy groups -OCH3 is 1. The number of hydrogen-bond donors (Lipinski definition) is 1. The third-order valence-electron chi connectivity index (χ3n) is 5.97. The number of aromatic nitrogens is 2. The van der Waals surface area contributed by atoms with Gasteiger partial charge in [-0.2, -0.15) is 0 Å². The number of rotatable bonds is 7. The average molecular weight is 562 g/mol. The Labute approximate surface area is 234 Å². The van der Waals surface area contributed by atoms with Crippen LogP contribution in [-0.2, 0) is 41.6 Å². The summed E-state index contributed by atoms with van der Waals surface area (Å²) in [5.41, 5.74) is 8.13. The lowest BCUT2D eigenvalue weighted by molar-refractivity contribution is -0.120. The Morgan fingerprint density at radius 3 is 1.93 bits per heavy atom. The van der Waals surface area contributed by atoms with E-state index in [-0.39, 0.29) is 11.6 Å². The van der Waals surface area contributed by atoms with Gasteiger partial charge < -0.3 is 34.2 Å². The summed E-state index contributed by atoms with van der Waals surface area (Å²) < 4.78 is 32.8. The van der Waals surface area contributed by atoms with Gasteiger partial charge in [0, 0.05) is 51.0 Å². The van der Waals surface area contributed by atoms with Crippen molar-refractivity contribution in [3.63, 3.8) is 0 Å². The van der Waals surface area contributed by atoms with Crippen molar-refractivity contribution in [2.75, 3.05) is 91.9 Å². The molecule has 0 atom stereocenters. The summed E-state index contributed by atoms with van der Waals surface area (Å²) >= 11 is 0. The van der Waals surface area contributed by atoms with Gasteiger partial charge in [0.05, 0.1) is 71.4 Å². The Kier molecular flexibility index (Phi) is 14.3. The number of anilines is 1. The van der Waals surface area contributed by atoms with E-state index in [0.29, 0.717) is 110 Å². The van der Waals surface area contributed by atoms with Crippen LogP contribution in [0.15, 0.2) is 30.3 Å². The molecule has 0 spiro atoms. The molecule has 2 aromatic heterocycles. The highest BCUT2D eigenvalue weighted by Crippen LogP contribution is 2.15. The molecule has 2 aromatic rings. The van der Waals surface area contributed by atoms with E-state index in [0.717, 1.165) is 5.69 Å². The van der Waals surface area contributed by atoms with Crippen molar-refractivity contribution in [1.82, 2.24) is 19.8 Å². The Bertz CT molecular complexity index is 1020. The molecule has 13 nitrogen and oxygen atoms in total. The van der Waals surface area contributed by atoms with Crippen molar-refractivity contribution in [2.24, 2.45) is 0 Å². The second kappa shape index (κ2) is 18.2. The molecule has 3 heterocycles. The van der Waals surface area contributed by atoms with Gasteiger partial charge in [0.15, 0.2) is 0 Å². The maximum Gasteiger partial charge on any atom is 0.356 e. The minimum Gasteiger partial charge on any atom is -0.464 e. The highest BCUT2D eigenvalue weighted by atomic mass is 16.5. The maximum absolute atomic E-state index is 11.8. The number of ether oxygens (including phenoxy) is 6. The third-order valence-corrected chi connectivity index (χ3v) is 5.97. The summed E-state index contributed by atoms with van der Waals surface area (Å²) in [6.45, 7) is 7.88. The highest BCUT2D eigenvalue weighted by Gasteiger charge is 2.13. The van der Waals surface area contributed by atoms with E-state index < -0.39 is 5.97 Å². The zero-order valence-corrected chi connectivity index (χ0v) is 23.0. The van der Waals surface area contributed by atoms with Gasteiger partial charge in [0.1, 0.15) is 5.69 Å². The van der Waals surface area contributed by atoms with E-state index in [9.17, 15) is 9.59 Å². The lowest BCUT2D eigenvalue weighted by Gasteiger charge is -2.23. The molecule has 0 aliphatic carbocycles. The van der Waals surface area contributed by atoms with Gasteiger partial charge in [-0.15, -0.1) is 0 Å². The van der Waals surface area contributed by atoms with E-state index in [4.69, 9.17) is 34.2 Å². The normalized spacial score (nSPS) is 17.8. The van der Waals surface area contributed by atoms with Crippen molar-refractivity contribution >= 4 is 18.1 Å². The first-order valence-corrected chi connectivity index (χ1v) is 13.2. The molecule has 13 heteroatoms. The molecule has 1 saturated heterocycles. The molecule has 0 radical (unpaired) electrons. The molecule has 40 heavy (non-hydrogen) atoms. The topological polar surface area (TPSA) is 148 Å². The molecule has 0 amide bonds. The molecule has 0 unspecified atom stereocenters. The Morgan fingerprint density at radius 1 is 0.850 bits per heavy atom. The number of pyridine rings is 2. The van der Waals surface area contributed by atoms with Crippen molar-refractivity contribution < 1.29 is 38.0 Å². The predicted octanol–water partition coefficient (Wildman–Crippen LogP) is 0.765. The molecule has 1 fully saturated rings. The fourth-order valence-corrected chi connectivity index (χ4v) is 3.98. The van der Waals surface area contributed by atoms with Crippen molar-refractivity contribution in [3.8, 4) is 5.88 Å². The molecule has 2 N–H and O–H groups in total. The van der Waals surface area contributed by atoms with Crippen molar-refractivity contribution in [2.45, 2.75) is 13.1 Å². The van der Waals surface area contributed by atoms with Crippen molar-refractivity contribution in [3.05, 3.63) is 47.4 Å². The zero-order chi connectivity index (χ0) is 28.4. The van der Waals surface area contributed by atoms with Crippen LogP contribution in [0.3, 0.4) is 0 Å².